The minimum atomic E-state index is -4.75. The van der Waals surface area contributed by atoms with Gasteiger partial charge in [-0.2, -0.15) is 0 Å². The number of hydrogen-bond acceptors (Lipinski definition) is 3. The number of rotatable bonds is 5. The summed E-state index contributed by atoms with van der Waals surface area (Å²) >= 11 is 12.0. The van der Waals surface area contributed by atoms with E-state index in [1.807, 2.05) is 0 Å². The Bertz CT molecular complexity index is 751. The van der Waals surface area contributed by atoms with Gasteiger partial charge in [-0.25, -0.2) is 0 Å². The molecule has 1 aliphatic rings. The van der Waals surface area contributed by atoms with Crippen molar-refractivity contribution in [2.75, 3.05) is 13.1 Å². The SMILES string of the molecule is FC(F)(F)Oc1cccc(O[C@@H](c2ccc(Cl)c(Cl)c2)C2CNC2)c1. The minimum absolute atomic E-state index is 0.171. The summed E-state index contributed by atoms with van der Waals surface area (Å²) in [5, 5.41) is 3.98. The van der Waals surface area contributed by atoms with Crippen LogP contribution < -0.4 is 14.8 Å². The second kappa shape index (κ2) is 7.32. The summed E-state index contributed by atoms with van der Waals surface area (Å²) in [6.45, 7) is 1.48. The lowest BCUT2D eigenvalue weighted by atomic mass is 9.91. The predicted octanol–water partition coefficient (Wildman–Crippen LogP) is 5.23. The zero-order chi connectivity index (χ0) is 18.0. The number of halogens is 5. The molecular weight excluding hydrogens is 378 g/mol. The molecule has 0 amide bonds. The molecule has 2 aromatic rings. The molecular formula is C17H14Cl2F3NO2. The van der Waals surface area contributed by atoms with Crippen LogP contribution in [0.1, 0.15) is 11.7 Å². The van der Waals surface area contributed by atoms with E-state index in [9.17, 15) is 13.2 Å². The lowest BCUT2D eigenvalue weighted by molar-refractivity contribution is -0.274. The largest absolute Gasteiger partial charge is 0.573 e. The number of nitrogens with one attached hydrogen (secondary N) is 1. The van der Waals surface area contributed by atoms with E-state index in [1.54, 1.807) is 24.3 Å². The molecule has 0 aliphatic carbocycles. The Labute approximate surface area is 152 Å². The van der Waals surface area contributed by atoms with Crippen LogP contribution in [0, 0.1) is 5.92 Å². The fraction of sp³-hybridized carbons (Fsp3) is 0.294. The number of alkyl halides is 3. The van der Waals surface area contributed by atoms with Crippen LogP contribution in [0.15, 0.2) is 42.5 Å². The van der Waals surface area contributed by atoms with E-state index in [-0.39, 0.29) is 23.5 Å². The van der Waals surface area contributed by atoms with Gasteiger partial charge in [0.2, 0.25) is 0 Å². The Hall–Kier alpha value is -1.63. The molecule has 1 N–H and O–H groups in total. The average molecular weight is 392 g/mol. The van der Waals surface area contributed by atoms with Crippen LogP contribution >= 0.6 is 23.2 Å². The fourth-order valence-electron chi connectivity index (χ4n) is 2.54. The zero-order valence-electron chi connectivity index (χ0n) is 12.8. The fourth-order valence-corrected chi connectivity index (χ4v) is 2.85. The van der Waals surface area contributed by atoms with E-state index >= 15 is 0 Å². The molecule has 0 saturated carbocycles. The molecule has 1 saturated heterocycles. The van der Waals surface area contributed by atoms with Crippen molar-refractivity contribution in [3.05, 3.63) is 58.1 Å². The van der Waals surface area contributed by atoms with Gasteiger partial charge < -0.3 is 14.8 Å². The van der Waals surface area contributed by atoms with Crippen LogP contribution in [0.2, 0.25) is 10.0 Å². The predicted molar refractivity (Wildman–Crippen MR) is 89.3 cm³/mol. The van der Waals surface area contributed by atoms with Gasteiger partial charge in [0.15, 0.2) is 0 Å². The lowest BCUT2D eigenvalue weighted by Crippen LogP contribution is -2.46. The van der Waals surface area contributed by atoms with E-state index in [4.69, 9.17) is 27.9 Å². The summed E-state index contributed by atoms with van der Waals surface area (Å²) in [4.78, 5) is 0. The molecule has 0 spiro atoms. The lowest BCUT2D eigenvalue weighted by Gasteiger charge is -2.35. The van der Waals surface area contributed by atoms with E-state index in [0.717, 1.165) is 18.7 Å². The molecule has 1 atom stereocenters. The summed E-state index contributed by atoms with van der Waals surface area (Å²) in [7, 11) is 0. The first-order chi connectivity index (χ1) is 11.8. The molecule has 134 valence electrons. The highest BCUT2D eigenvalue weighted by Crippen LogP contribution is 2.35. The van der Waals surface area contributed by atoms with Crippen LogP contribution in [-0.2, 0) is 0 Å². The van der Waals surface area contributed by atoms with E-state index in [1.165, 1.54) is 18.2 Å². The van der Waals surface area contributed by atoms with E-state index in [0.29, 0.717) is 10.0 Å². The highest BCUT2D eigenvalue weighted by atomic mass is 35.5. The first kappa shape index (κ1) is 18.2. The van der Waals surface area contributed by atoms with Crippen LogP contribution in [0.25, 0.3) is 0 Å². The van der Waals surface area contributed by atoms with Crippen molar-refractivity contribution < 1.29 is 22.6 Å². The van der Waals surface area contributed by atoms with Crippen LogP contribution in [0.5, 0.6) is 11.5 Å². The van der Waals surface area contributed by atoms with Crippen LogP contribution in [-0.4, -0.2) is 19.5 Å². The maximum atomic E-state index is 12.4. The molecule has 1 aliphatic heterocycles. The van der Waals surface area contributed by atoms with Gasteiger partial charge in [-0.15, -0.1) is 13.2 Å². The summed E-state index contributed by atoms with van der Waals surface area (Å²) in [5.74, 6) is 0.124. The second-order valence-corrected chi connectivity index (χ2v) is 6.47. The third-order valence-corrected chi connectivity index (χ3v) is 4.55. The Morgan fingerprint density at radius 1 is 1.00 bits per heavy atom. The second-order valence-electron chi connectivity index (χ2n) is 5.65. The maximum absolute atomic E-state index is 12.4. The number of hydrogen-bond donors (Lipinski definition) is 1. The third kappa shape index (κ3) is 4.71. The summed E-state index contributed by atoms with van der Waals surface area (Å²) < 4.78 is 47.0. The molecule has 3 rings (SSSR count). The van der Waals surface area contributed by atoms with Gasteiger partial charge in [0.25, 0.3) is 0 Å². The Morgan fingerprint density at radius 3 is 2.32 bits per heavy atom. The molecule has 0 aromatic heterocycles. The van der Waals surface area contributed by atoms with Crippen molar-refractivity contribution >= 4 is 23.2 Å². The van der Waals surface area contributed by atoms with E-state index in [2.05, 4.69) is 10.1 Å². The van der Waals surface area contributed by atoms with Gasteiger partial charge in [-0.05, 0) is 29.8 Å². The van der Waals surface area contributed by atoms with Crippen molar-refractivity contribution in [3.8, 4) is 11.5 Å². The Balaban J connectivity index is 1.83. The van der Waals surface area contributed by atoms with Gasteiger partial charge in [0, 0.05) is 25.1 Å². The van der Waals surface area contributed by atoms with Gasteiger partial charge in [0.05, 0.1) is 10.0 Å². The normalized spacial score (nSPS) is 16.2. The summed E-state index contributed by atoms with van der Waals surface area (Å²) in [5.41, 5.74) is 0.808. The van der Waals surface area contributed by atoms with E-state index < -0.39 is 6.36 Å². The van der Waals surface area contributed by atoms with Crippen molar-refractivity contribution in [1.29, 1.82) is 0 Å². The van der Waals surface area contributed by atoms with Crippen molar-refractivity contribution in [1.82, 2.24) is 5.32 Å². The molecule has 0 bridgehead atoms. The topological polar surface area (TPSA) is 30.5 Å². The molecule has 8 heteroatoms. The van der Waals surface area contributed by atoms with Crippen molar-refractivity contribution in [2.45, 2.75) is 12.5 Å². The van der Waals surface area contributed by atoms with Gasteiger partial charge >= 0.3 is 6.36 Å². The van der Waals surface area contributed by atoms with Crippen molar-refractivity contribution in [3.63, 3.8) is 0 Å². The summed E-state index contributed by atoms with van der Waals surface area (Å²) in [6, 6.07) is 10.6. The molecule has 1 fully saturated rings. The highest BCUT2D eigenvalue weighted by Gasteiger charge is 2.32. The molecule has 1 heterocycles. The summed E-state index contributed by atoms with van der Waals surface area (Å²) in [6.07, 6.45) is -5.11. The van der Waals surface area contributed by atoms with Gasteiger partial charge in [0.1, 0.15) is 17.6 Å². The van der Waals surface area contributed by atoms with Crippen molar-refractivity contribution in [2.24, 2.45) is 5.92 Å². The first-order valence-electron chi connectivity index (χ1n) is 7.50. The standard InChI is InChI=1S/C17H14Cl2F3NO2/c18-14-5-4-10(6-15(14)19)16(11-8-23-9-11)24-12-2-1-3-13(7-12)25-17(20,21)22/h1-7,11,16,23H,8-9H2/t16-/m0/s1. The highest BCUT2D eigenvalue weighted by molar-refractivity contribution is 6.42. The Morgan fingerprint density at radius 2 is 1.72 bits per heavy atom. The number of benzene rings is 2. The first-order valence-corrected chi connectivity index (χ1v) is 8.25. The quantitative estimate of drug-likeness (QED) is 0.756. The molecule has 2 aromatic carbocycles. The van der Waals surface area contributed by atoms with Gasteiger partial charge in [-0.1, -0.05) is 35.3 Å². The Kier molecular flexibility index (Phi) is 5.32. The smallest absolute Gasteiger partial charge is 0.485 e. The number of ether oxygens (including phenoxy) is 2. The zero-order valence-corrected chi connectivity index (χ0v) is 14.3. The van der Waals surface area contributed by atoms with Crippen LogP contribution in [0.3, 0.4) is 0 Å². The molecule has 0 radical (unpaired) electrons. The van der Waals surface area contributed by atoms with Gasteiger partial charge in [-0.3, -0.25) is 0 Å². The third-order valence-electron chi connectivity index (χ3n) is 3.82. The minimum Gasteiger partial charge on any atom is -0.485 e. The average Bonchev–Trinajstić information content (AvgIpc) is 2.46. The monoisotopic (exact) mass is 391 g/mol. The maximum Gasteiger partial charge on any atom is 0.573 e. The van der Waals surface area contributed by atoms with Crippen LogP contribution in [0.4, 0.5) is 13.2 Å². The molecule has 25 heavy (non-hydrogen) atoms. The molecule has 0 unspecified atom stereocenters. The molecule has 3 nitrogen and oxygen atoms in total.